The van der Waals surface area contributed by atoms with Crippen LogP contribution in [0.15, 0.2) is 34.5 Å². The summed E-state index contributed by atoms with van der Waals surface area (Å²) in [5.74, 6) is -0.0460. The lowest BCUT2D eigenvalue weighted by atomic mass is 10.3. The van der Waals surface area contributed by atoms with Crippen LogP contribution in [0.2, 0.25) is 0 Å². The molecule has 15 heavy (non-hydrogen) atoms. The molecule has 0 aliphatic rings. The van der Waals surface area contributed by atoms with Crippen LogP contribution in [0.25, 0.3) is 0 Å². The minimum atomic E-state index is -0.0460. The Balaban J connectivity index is 1.93. The van der Waals surface area contributed by atoms with Crippen LogP contribution in [0.5, 0.6) is 0 Å². The Morgan fingerprint density at radius 1 is 1.60 bits per heavy atom. The Labute approximate surface area is 105 Å². The van der Waals surface area contributed by atoms with Gasteiger partial charge in [0.1, 0.15) is 0 Å². The number of nitrogens with one attached hydrogen (secondary N) is 1. The SMILES string of the molecule is O=C(NCc1ccoc1)c1csc(I)c1. The molecule has 0 saturated heterocycles. The van der Waals surface area contributed by atoms with Gasteiger partial charge in [0.25, 0.3) is 5.91 Å². The normalized spacial score (nSPS) is 10.2. The van der Waals surface area contributed by atoms with E-state index in [4.69, 9.17) is 4.42 Å². The maximum atomic E-state index is 11.6. The van der Waals surface area contributed by atoms with Crippen LogP contribution in [0.4, 0.5) is 0 Å². The van der Waals surface area contributed by atoms with Crippen LogP contribution >= 0.6 is 33.9 Å². The molecule has 2 rings (SSSR count). The molecule has 0 aliphatic carbocycles. The first-order chi connectivity index (χ1) is 7.25. The highest BCUT2D eigenvalue weighted by atomic mass is 127. The molecule has 1 N–H and O–H groups in total. The zero-order valence-electron chi connectivity index (χ0n) is 7.70. The lowest BCUT2D eigenvalue weighted by Crippen LogP contribution is -2.21. The Bertz CT molecular complexity index is 450. The molecule has 0 aliphatic heterocycles. The zero-order chi connectivity index (χ0) is 10.7. The number of hydrogen-bond acceptors (Lipinski definition) is 3. The minimum Gasteiger partial charge on any atom is -0.472 e. The van der Waals surface area contributed by atoms with Gasteiger partial charge in [-0.25, -0.2) is 0 Å². The lowest BCUT2D eigenvalue weighted by Gasteiger charge is -2.00. The van der Waals surface area contributed by atoms with Gasteiger partial charge in [0.2, 0.25) is 0 Å². The second-order valence-corrected chi connectivity index (χ2v) is 5.76. The van der Waals surface area contributed by atoms with E-state index in [0.29, 0.717) is 12.1 Å². The first-order valence-electron chi connectivity index (χ1n) is 4.29. The Kier molecular flexibility index (Phi) is 3.42. The first kappa shape index (κ1) is 10.7. The summed E-state index contributed by atoms with van der Waals surface area (Å²) in [7, 11) is 0. The molecule has 0 aromatic carbocycles. The van der Waals surface area contributed by atoms with E-state index in [1.807, 2.05) is 17.5 Å². The van der Waals surface area contributed by atoms with Gasteiger partial charge in [-0.15, -0.1) is 11.3 Å². The standard InChI is InChI=1S/C10H8INO2S/c11-9-3-8(6-15-9)10(13)12-4-7-1-2-14-5-7/h1-3,5-6H,4H2,(H,12,13). The van der Waals surface area contributed by atoms with Gasteiger partial charge in [-0.2, -0.15) is 0 Å². The highest BCUT2D eigenvalue weighted by Crippen LogP contribution is 2.16. The van der Waals surface area contributed by atoms with Crippen molar-refractivity contribution in [1.82, 2.24) is 5.32 Å². The van der Waals surface area contributed by atoms with Crippen molar-refractivity contribution in [2.75, 3.05) is 0 Å². The molecule has 2 aromatic heterocycles. The first-order valence-corrected chi connectivity index (χ1v) is 6.25. The Hall–Kier alpha value is -0.820. The Morgan fingerprint density at radius 2 is 2.47 bits per heavy atom. The molecule has 3 nitrogen and oxygen atoms in total. The average molecular weight is 333 g/mol. The fraction of sp³-hybridized carbons (Fsp3) is 0.100. The van der Waals surface area contributed by atoms with E-state index in [9.17, 15) is 4.79 Å². The maximum Gasteiger partial charge on any atom is 0.252 e. The van der Waals surface area contributed by atoms with E-state index in [1.54, 1.807) is 23.9 Å². The molecule has 0 spiro atoms. The van der Waals surface area contributed by atoms with Crippen LogP contribution in [0, 0.1) is 2.88 Å². The van der Waals surface area contributed by atoms with Crippen molar-refractivity contribution >= 4 is 39.8 Å². The quantitative estimate of drug-likeness (QED) is 0.878. The summed E-state index contributed by atoms with van der Waals surface area (Å²) >= 11 is 3.76. The molecule has 0 radical (unpaired) electrons. The van der Waals surface area contributed by atoms with Crippen LogP contribution in [0.3, 0.4) is 0 Å². The van der Waals surface area contributed by atoms with Crippen molar-refractivity contribution < 1.29 is 9.21 Å². The molecule has 0 atom stereocenters. The molecule has 0 fully saturated rings. The molecule has 1 amide bonds. The van der Waals surface area contributed by atoms with Gasteiger partial charge in [0, 0.05) is 17.5 Å². The van der Waals surface area contributed by atoms with E-state index >= 15 is 0 Å². The second kappa shape index (κ2) is 4.80. The topological polar surface area (TPSA) is 42.2 Å². The largest absolute Gasteiger partial charge is 0.472 e. The summed E-state index contributed by atoms with van der Waals surface area (Å²) in [4.78, 5) is 11.6. The highest BCUT2D eigenvalue weighted by molar-refractivity contribution is 14.1. The predicted molar refractivity (Wildman–Crippen MR) is 66.9 cm³/mol. The fourth-order valence-electron chi connectivity index (χ4n) is 1.11. The third-order valence-electron chi connectivity index (χ3n) is 1.86. The van der Waals surface area contributed by atoms with Crippen molar-refractivity contribution in [2.24, 2.45) is 0 Å². The molecule has 78 valence electrons. The summed E-state index contributed by atoms with van der Waals surface area (Å²) in [6, 6.07) is 3.70. The lowest BCUT2D eigenvalue weighted by molar-refractivity contribution is 0.0951. The van der Waals surface area contributed by atoms with Gasteiger partial charge in [0.05, 0.1) is 21.0 Å². The molecular weight excluding hydrogens is 325 g/mol. The molecule has 0 saturated carbocycles. The number of thiophene rings is 1. The molecule has 2 heterocycles. The molecule has 0 unspecified atom stereocenters. The van der Waals surface area contributed by atoms with E-state index in [-0.39, 0.29) is 5.91 Å². The summed E-state index contributed by atoms with van der Waals surface area (Å²) in [5.41, 5.74) is 1.68. The zero-order valence-corrected chi connectivity index (χ0v) is 10.7. The van der Waals surface area contributed by atoms with Crippen molar-refractivity contribution in [1.29, 1.82) is 0 Å². The van der Waals surface area contributed by atoms with Crippen LogP contribution < -0.4 is 5.32 Å². The van der Waals surface area contributed by atoms with Crippen molar-refractivity contribution in [3.8, 4) is 0 Å². The minimum absolute atomic E-state index is 0.0460. The summed E-state index contributed by atoms with van der Waals surface area (Å²) in [6.07, 6.45) is 3.21. The highest BCUT2D eigenvalue weighted by Gasteiger charge is 2.07. The molecular formula is C10H8INO2S. The van der Waals surface area contributed by atoms with E-state index in [2.05, 4.69) is 27.9 Å². The summed E-state index contributed by atoms with van der Waals surface area (Å²) < 4.78 is 6.02. The third kappa shape index (κ3) is 2.82. The van der Waals surface area contributed by atoms with E-state index in [0.717, 1.165) is 8.45 Å². The van der Waals surface area contributed by atoms with Gasteiger partial charge in [-0.3, -0.25) is 4.79 Å². The number of rotatable bonds is 3. The monoisotopic (exact) mass is 333 g/mol. The smallest absolute Gasteiger partial charge is 0.252 e. The van der Waals surface area contributed by atoms with E-state index in [1.165, 1.54) is 0 Å². The molecule has 5 heteroatoms. The van der Waals surface area contributed by atoms with Gasteiger partial charge in [-0.05, 0) is 34.7 Å². The van der Waals surface area contributed by atoms with E-state index < -0.39 is 0 Å². The average Bonchev–Trinajstić information content (AvgIpc) is 2.84. The van der Waals surface area contributed by atoms with Crippen molar-refractivity contribution in [3.63, 3.8) is 0 Å². The van der Waals surface area contributed by atoms with Crippen LogP contribution in [-0.2, 0) is 6.54 Å². The Morgan fingerprint density at radius 3 is 3.07 bits per heavy atom. The fourth-order valence-corrected chi connectivity index (χ4v) is 2.43. The number of amides is 1. The van der Waals surface area contributed by atoms with Crippen LogP contribution in [-0.4, -0.2) is 5.91 Å². The third-order valence-corrected chi connectivity index (χ3v) is 3.65. The molecule has 0 bridgehead atoms. The number of carbonyl (C=O) groups is 1. The summed E-state index contributed by atoms with van der Waals surface area (Å²) in [5, 5.41) is 4.67. The number of furan rings is 1. The second-order valence-electron chi connectivity index (χ2n) is 2.95. The van der Waals surface area contributed by atoms with Crippen molar-refractivity contribution in [3.05, 3.63) is 44.0 Å². The van der Waals surface area contributed by atoms with Gasteiger partial charge >= 0.3 is 0 Å². The van der Waals surface area contributed by atoms with Crippen LogP contribution in [0.1, 0.15) is 15.9 Å². The number of carbonyl (C=O) groups excluding carboxylic acids is 1. The van der Waals surface area contributed by atoms with Gasteiger partial charge < -0.3 is 9.73 Å². The summed E-state index contributed by atoms with van der Waals surface area (Å²) in [6.45, 7) is 0.502. The van der Waals surface area contributed by atoms with Gasteiger partial charge in [-0.1, -0.05) is 0 Å². The maximum absolute atomic E-state index is 11.6. The predicted octanol–water partition coefficient (Wildman–Crippen LogP) is 2.88. The number of halogens is 1. The van der Waals surface area contributed by atoms with Crippen molar-refractivity contribution in [2.45, 2.75) is 6.54 Å². The number of hydrogen-bond donors (Lipinski definition) is 1. The van der Waals surface area contributed by atoms with Gasteiger partial charge in [0.15, 0.2) is 0 Å². The molecule has 2 aromatic rings.